The van der Waals surface area contributed by atoms with E-state index >= 15 is 0 Å². The zero-order chi connectivity index (χ0) is 12.8. The smallest absolute Gasteiger partial charge is 0.203 e. The lowest BCUT2D eigenvalue weighted by molar-refractivity contribution is 0.187. The largest absolute Gasteiger partial charge is 0.383 e. The second-order valence-electron chi connectivity index (χ2n) is 4.01. The molecule has 0 spiro atoms. The number of ether oxygens (including phenoxy) is 1. The third-order valence-corrected chi connectivity index (χ3v) is 3.84. The van der Waals surface area contributed by atoms with Gasteiger partial charge in [0.2, 0.25) is 5.95 Å². The number of anilines is 1. The number of methoxy groups -OCH3 is 1. The highest BCUT2D eigenvalue weighted by atomic mass is 32.1. The Labute approximate surface area is 112 Å². The van der Waals surface area contributed by atoms with E-state index in [9.17, 15) is 0 Å². The van der Waals surface area contributed by atoms with E-state index in [1.54, 1.807) is 18.4 Å². The van der Waals surface area contributed by atoms with Gasteiger partial charge in [0.25, 0.3) is 0 Å². The number of nitrogens with zero attached hydrogens (tertiary/aromatic N) is 2. The van der Waals surface area contributed by atoms with Gasteiger partial charge < -0.3 is 14.6 Å². The molecular weight excluding hydrogens is 246 g/mol. The Kier molecular flexibility index (Phi) is 4.78. The van der Waals surface area contributed by atoms with Gasteiger partial charge >= 0.3 is 0 Å². The Morgan fingerprint density at radius 3 is 3.17 bits per heavy atom. The lowest BCUT2D eigenvalue weighted by Gasteiger charge is -2.09. The van der Waals surface area contributed by atoms with Crippen molar-refractivity contribution in [1.29, 1.82) is 0 Å². The molecule has 2 rings (SSSR count). The normalized spacial score (nSPS) is 10.8. The van der Waals surface area contributed by atoms with Crippen molar-refractivity contribution in [2.45, 2.75) is 26.4 Å². The maximum Gasteiger partial charge on any atom is 0.203 e. The number of imidazole rings is 1. The van der Waals surface area contributed by atoms with Crippen LogP contribution in [0.25, 0.3) is 0 Å². The molecule has 0 aliphatic rings. The fourth-order valence-corrected chi connectivity index (χ4v) is 2.76. The number of nitrogens with one attached hydrogen (secondary N) is 1. The first-order chi connectivity index (χ1) is 8.85. The molecule has 0 amide bonds. The summed E-state index contributed by atoms with van der Waals surface area (Å²) in [6.45, 7) is 4.55. The molecule has 2 aromatic heterocycles. The van der Waals surface area contributed by atoms with Crippen LogP contribution in [0.15, 0.2) is 23.8 Å². The zero-order valence-corrected chi connectivity index (χ0v) is 11.7. The number of rotatable bonds is 7. The van der Waals surface area contributed by atoms with Crippen LogP contribution in [0, 0.1) is 0 Å². The van der Waals surface area contributed by atoms with E-state index < -0.39 is 0 Å². The van der Waals surface area contributed by atoms with Crippen molar-refractivity contribution in [3.05, 3.63) is 34.3 Å². The molecule has 0 bridgehead atoms. The molecule has 0 unspecified atom stereocenters. The predicted octanol–water partition coefficient (Wildman–Crippen LogP) is 2.77. The Bertz CT molecular complexity index is 478. The van der Waals surface area contributed by atoms with Gasteiger partial charge in [-0.15, -0.1) is 11.3 Å². The molecule has 2 heterocycles. The van der Waals surface area contributed by atoms with Gasteiger partial charge in [-0.25, -0.2) is 4.98 Å². The quantitative estimate of drug-likeness (QED) is 0.836. The molecule has 0 aliphatic carbocycles. The van der Waals surface area contributed by atoms with Gasteiger partial charge in [0.15, 0.2) is 0 Å². The summed E-state index contributed by atoms with van der Waals surface area (Å²) in [5.74, 6) is 0.905. The van der Waals surface area contributed by atoms with Crippen molar-refractivity contribution in [2.75, 3.05) is 19.0 Å². The molecule has 0 radical (unpaired) electrons. The fourth-order valence-electron chi connectivity index (χ4n) is 1.84. The highest BCUT2D eigenvalue weighted by Gasteiger charge is 2.05. The van der Waals surface area contributed by atoms with E-state index in [-0.39, 0.29) is 0 Å². The minimum atomic E-state index is 0.699. The van der Waals surface area contributed by atoms with E-state index in [4.69, 9.17) is 4.74 Å². The summed E-state index contributed by atoms with van der Waals surface area (Å²) in [6, 6.07) is 2.19. The van der Waals surface area contributed by atoms with Crippen LogP contribution in [0.4, 0.5) is 5.95 Å². The first-order valence-electron chi connectivity index (χ1n) is 6.14. The first kappa shape index (κ1) is 13.1. The standard InChI is InChI=1S/C13H19N3OS/c1-3-11-4-9-18-12(11)10-15-13-14-5-6-16(13)7-8-17-2/h4-6,9H,3,7-8,10H2,1-2H3,(H,14,15). The fraction of sp³-hybridized carbons (Fsp3) is 0.462. The summed E-state index contributed by atoms with van der Waals surface area (Å²) in [5, 5.41) is 5.53. The summed E-state index contributed by atoms with van der Waals surface area (Å²) >= 11 is 1.80. The molecule has 0 saturated carbocycles. The summed E-state index contributed by atoms with van der Waals surface area (Å²) in [4.78, 5) is 5.71. The second kappa shape index (κ2) is 6.56. The van der Waals surface area contributed by atoms with Crippen LogP contribution in [0.5, 0.6) is 0 Å². The zero-order valence-electron chi connectivity index (χ0n) is 10.8. The van der Waals surface area contributed by atoms with E-state index in [1.807, 2.05) is 12.4 Å². The molecule has 0 aliphatic heterocycles. The number of aryl methyl sites for hydroxylation is 1. The number of hydrogen-bond acceptors (Lipinski definition) is 4. The van der Waals surface area contributed by atoms with Crippen molar-refractivity contribution in [2.24, 2.45) is 0 Å². The maximum absolute atomic E-state index is 5.08. The lowest BCUT2D eigenvalue weighted by Crippen LogP contribution is -2.10. The van der Waals surface area contributed by atoms with Crippen LogP contribution in [-0.2, 0) is 24.2 Å². The van der Waals surface area contributed by atoms with Crippen molar-refractivity contribution < 1.29 is 4.74 Å². The number of aromatic nitrogens is 2. The Morgan fingerprint density at radius 2 is 2.39 bits per heavy atom. The van der Waals surface area contributed by atoms with Gasteiger partial charge in [-0.05, 0) is 23.4 Å². The summed E-state index contributed by atoms with van der Waals surface area (Å²) in [5.41, 5.74) is 1.42. The summed E-state index contributed by atoms with van der Waals surface area (Å²) in [7, 11) is 1.71. The first-order valence-corrected chi connectivity index (χ1v) is 7.02. The maximum atomic E-state index is 5.08. The molecule has 2 aromatic rings. The molecular formula is C13H19N3OS. The number of hydrogen-bond donors (Lipinski definition) is 1. The molecule has 98 valence electrons. The van der Waals surface area contributed by atoms with Crippen LogP contribution in [0.3, 0.4) is 0 Å². The topological polar surface area (TPSA) is 39.1 Å². The third kappa shape index (κ3) is 3.11. The van der Waals surface area contributed by atoms with Gasteiger partial charge in [0.05, 0.1) is 13.2 Å². The molecule has 4 nitrogen and oxygen atoms in total. The van der Waals surface area contributed by atoms with Crippen LogP contribution < -0.4 is 5.32 Å². The van der Waals surface area contributed by atoms with Gasteiger partial charge in [-0.3, -0.25) is 0 Å². The van der Waals surface area contributed by atoms with Gasteiger partial charge in [0.1, 0.15) is 0 Å². The van der Waals surface area contributed by atoms with Crippen LogP contribution in [0.1, 0.15) is 17.4 Å². The molecule has 0 aromatic carbocycles. The monoisotopic (exact) mass is 265 g/mol. The third-order valence-electron chi connectivity index (χ3n) is 2.88. The number of thiophene rings is 1. The van der Waals surface area contributed by atoms with Crippen molar-refractivity contribution in [3.63, 3.8) is 0 Å². The van der Waals surface area contributed by atoms with Crippen LogP contribution in [0.2, 0.25) is 0 Å². The van der Waals surface area contributed by atoms with Gasteiger partial charge in [0, 0.05) is 30.9 Å². The van der Waals surface area contributed by atoms with Crippen LogP contribution in [-0.4, -0.2) is 23.3 Å². The molecule has 0 atom stereocenters. The average molecular weight is 265 g/mol. The minimum absolute atomic E-state index is 0.699. The van der Waals surface area contributed by atoms with E-state index in [0.717, 1.165) is 25.5 Å². The van der Waals surface area contributed by atoms with E-state index in [0.29, 0.717) is 6.61 Å². The Balaban J connectivity index is 1.95. The molecule has 1 N–H and O–H groups in total. The highest BCUT2D eigenvalue weighted by molar-refractivity contribution is 7.10. The van der Waals surface area contributed by atoms with E-state index in [2.05, 4.69) is 33.2 Å². The van der Waals surface area contributed by atoms with E-state index in [1.165, 1.54) is 10.4 Å². The minimum Gasteiger partial charge on any atom is -0.383 e. The summed E-state index contributed by atoms with van der Waals surface area (Å²) in [6.07, 6.45) is 4.86. The SMILES string of the molecule is CCc1ccsc1CNc1nccn1CCOC. The summed E-state index contributed by atoms with van der Waals surface area (Å²) < 4.78 is 7.15. The van der Waals surface area contributed by atoms with Crippen molar-refractivity contribution in [1.82, 2.24) is 9.55 Å². The Morgan fingerprint density at radius 1 is 1.50 bits per heavy atom. The molecule has 5 heteroatoms. The molecule has 18 heavy (non-hydrogen) atoms. The van der Waals surface area contributed by atoms with Crippen molar-refractivity contribution in [3.8, 4) is 0 Å². The van der Waals surface area contributed by atoms with Gasteiger partial charge in [-0.2, -0.15) is 0 Å². The average Bonchev–Trinajstić information content (AvgIpc) is 3.02. The van der Waals surface area contributed by atoms with Crippen molar-refractivity contribution >= 4 is 17.3 Å². The van der Waals surface area contributed by atoms with Gasteiger partial charge in [-0.1, -0.05) is 6.92 Å². The highest BCUT2D eigenvalue weighted by Crippen LogP contribution is 2.18. The van der Waals surface area contributed by atoms with Crippen LogP contribution >= 0.6 is 11.3 Å². The second-order valence-corrected chi connectivity index (χ2v) is 5.01. The molecule has 0 fully saturated rings. The predicted molar refractivity (Wildman–Crippen MR) is 75.1 cm³/mol. The Hall–Kier alpha value is -1.33. The molecule has 0 saturated heterocycles. The lowest BCUT2D eigenvalue weighted by atomic mass is 10.2.